The molecule has 0 fully saturated rings. The number of hydrogen-bond acceptors (Lipinski definition) is 5. The SMILES string of the molecule is COC(=O)c1cccc(NC(=O)c2cc(NCc3ccccc3)ccn2)c1. The van der Waals surface area contributed by atoms with Gasteiger partial charge in [0.15, 0.2) is 0 Å². The van der Waals surface area contributed by atoms with E-state index in [9.17, 15) is 9.59 Å². The minimum absolute atomic E-state index is 0.275. The van der Waals surface area contributed by atoms with Crippen molar-refractivity contribution in [3.8, 4) is 0 Å². The first-order valence-corrected chi connectivity index (χ1v) is 8.39. The number of nitrogens with zero attached hydrogens (tertiary/aromatic N) is 1. The lowest BCUT2D eigenvalue weighted by Crippen LogP contribution is -2.14. The highest BCUT2D eigenvalue weighted by Crippen LogP contribution is 2.15. The molecule has 6 nitrogen and oxygen atoms in total. The van der Waals surface area contributed by atoms with Gasteiger partial charge in [-0.3, -0.25) is 9.78 Å². The molecule has 0 saturated carbocycles. The molecule has 2 aromatic carbocycles. The van der Waals surface area contributed by atoms with E-state index in [4.69, 9.17) is 0 Å². The first-order chi connectivity index (χ1) is 13.2. The van der Waals surface area contributed by atoms with Crippen LogP contribution in [0.4, 0.5) is 11.4 Å². The Morgan fingerprint density at radius 3 is 2.56 bits per heavy atom. The van der Waals surface area contributed by atoms with Gasteiger partial charge in [-0.25, -0.2) is 4.79 Å². The third kappa shape index (κ3) is 4.92. The number of anilines is 2. The van der Waals surface area contributed by atoms with E-state index in [1.165, 1.54) is 7.11 Å². The zero-order chi connectivity index (χ0) is 19.1. The first kappa shape index (κ1) is 18.1. The summed E-state index contributed by atoms with van der Waals surface area (Å²) in [5.74, 6) is -0.822. The maximum Gasteiger partial charge on any atom is 0.337 e. The zero-order valence-electron chi connectivity index (χ0n) is 14.8. The molecule has 0 bridgehead atoms. The molecule has 0 aliphatic carbocycles. The molecule has 0 saturated heterocycles. The van der Waals surface area contributed by atoms with Crippen LogP contribution in [0.3, 0.4) is 0 Å². The topological polar surface area (TPSA) is 80.3 Å². The summed E-state index contributed by atoms with van der Waals surface area (Å²) in [7, 11) is 1.31. The summed E-state index contributed by atoms with van der Waals surface area (Å²) < 4.78 is 4.69. The van der Waals surface area contributed by atoms with Crippen LogP contribution < -0.4 is 10.6 Å². The molecule has 27 heavy (non-hydrogen) atoms. The van der Waals surface area contributed by atoms with Gasteiger partial charge >= 0.3 is 5.97 Å². The van der Waals surface area contributed by atoms with Gasteiger partial charge in [0.2, 0.25) is 0 Å². The normalized spacial score (nSPS) is 10.1. The average Bonchev–Trinajstić information content (AvgIpc) is 2.73. The predicted octanol–water partition coefficient (Wildman–Crippen LogP) is 3.73. The molecule has 1 amide bonds. The van der Waals surface area contributed by atoms with Gasteiger partial charge in [0.25, 0.3) is 5.91 Å². The Balaban J connectivity index is 1.67. The van der Waals surface area contributed by atoms with Gasteiger partial charge in [-0.15, -0.1) is 0 Å². The summed E-state index contributed by atoms with van der Waals surface area (Å²) in [6.45, 7) is 0.646. The number of methoxy groups -OCH3 is 1. The predicted molar refractivity (Wildman–Crippen MR) is 104 cm³/mol. The average molecular weight is 361 g/mol. The number of esters is 1. The van der Waals surface area contributed by atoms with Crippen molar-refractivity contribution in [3.05, 3.63) is 89.7 Å². The lowest BCUT2D eigenvalue weighted by Gasteiger charge is -2.09. The second-order valence-corrected chi connectivity index (χ2v) is 5.80. The highest BCUT2D eigenvalue weighted by molar-refractivity contribution is 6.04. The van der Waals surface area contributed by atoms with Crippen molar-refractivity contribution in [3.63, 3.8) is 0 Å². The number of carbonyl (C=O) groups is 2. The van der Waals surface area contributed by atoms with Crippen LogP contribution in [0.5, 0.6) is 0 Å². The van der Waals surface area contributed by atoms with Crippen molar-refractivity contribution in [1.82, 2.24) is 4.98 Å². The van der Waals surface area contributed by atoms with Crippen LogP contribution in [0.15, 0.2) is 72.9 Å². The molecular weight excluding hydrogens is 342 g/mol. The van der Waals surface area contributed by atoms with Crippen molar-refractivity contribution in [2.24, 2.45) is 0 Å². The van der Waals surface area contributed by atoms with Crippen molar-refractivity contribution < 1.29 is 14.3 Å². The molecule has 2 N–H and O–H groups in total. The van der Waals surface area contributed by atoms with E-state index in [0.29, 0.717) is 17.8 Å². The first-order valence-electron chi connectivity index (χ1n) is 8.39. The number of rotatable bonds is 6. The third-order valence-corrected chi connectivity index (χ3v) is 3.87. The number of ether oxygens (including phenoxy) is 1. The fourth-order valence-electron chi connectivity index (χ4n) is 2.50. The summed E-state index contributed by atoms with van der Waals surface area (Å²) in [5.41, 5.74) is 3.06. The molecule has 6 heteroatoms. The minimum Gasteiger partial charge on any atom is -0.465 e. The number of carbonyl (C=O) groups excluding carboxylic acids is 2. The molecule has 0 spiro atoms. The van der Waals surface area contributed by atoms with Crippen LogP contribution in [0.2, 0.25) is 0 Å². The lowest BCUT2D eigenvalue weighted by molar-refractivity contribution is 0.0600. The Morgan fingerprint density at radius 2 is 1.78 bits per heavy atom. The van der Waals surface area contributed by atoms with Crippen molar-refractivity contribution in [2.75, 3.05) is 17.7 Å². The van der Waals surface area contributed by atoms with E-state index in [-0.39, 0.29) is 11.6 Å². The maximum atomic E-state index is 12.5. The van der Waals surface area contributed by atoms with Crippen LogP contribution in [0, 0.1) is 0 Å². The van der Waals surface area contributed by atoms with Crippen molar-refractivity contribution in [1.29, 1.82) is 0 Å². The maximum absolute atomic E-state index is 12.5. The van der Waals surface area contributed by atoms with Crippen LogP contribution in [-0.4, -0.2) is 24.0 Å². The van der Waals surface area contributed by atoms with Gasteiger partial charge in [0.1, 0.15) is 5.69 Å². The Bertz CT molecular complexity index is 942. The van der Waals surface area contributed by atoms with Crippen LogP contribution >= 0.6 is 0 Å². The highest BCUT2D eigenvalue weighted by Gasteiger charge is 2.11. The van der Waals surface area contributed by atoms with E-state index in [2.05, 4.69) is 20.4 Å². The second-order valence-electron chi connectivity index (χ2n) is 5.80. The Morgan fingerprint density at radius 1 is 0.963 bits per heavy atom. The molecule has 1 aromatic heterocycles. The zero-order valence-corrected chi connectivity index (χ0v) is 14.8. The molecule has 136 valence electrons. The Hall–Kier alpha value is -3.67. The van der Waals surface area contributed by atoms with Gasteiger partial charge < -0.3 is 15.4 Å². The van der Waals surface area contributed by atoms with E-state index in [0.717, 1.165) is 11.3 Å². The number of hydrogen-bond donors (Lipinski definition) is 2. The number of benzene rings is 2. The largest absolute Gasteiger partial charge is 0.465 e. The summed E-state index contributed by atoms with van der Waals surface area (Å²) in [5, 5.41) is 6.01. The van der Waals surface area contributed by atoms with E-state index < -0.39 is 5.97 Å². The van der Waals surface area contributed by atoms with Gasteiger partial charge in [0, 0.05) is 24.1 Å². The van der Waals surface area contributed by atoms with Crippen molar-refractivity contribution >= 4 is 23.3 Å². The second kappa shape index (κ2) is 8.62. The third-order valence-electron chi connectivity index (χ3n) is 3.87. The van der Waals surface area contributed by atoms with Crippen LogP contribution in [0.25, 0.3) is 0 Å². The smallest absolute Gasteiger partial charge is 0.337 e. The minimum atomic E-state index is -0.462. The van der Waals surface area contributed by atoms with E-state index in [1.807, 2.05) is 30.3 Å². The van der Waals surface area contributed by atoms with E-state index >= 15 is 0 Å². The summed E-state index contributed by atoms with van der Waals surface area (Å²) in [6, 6.07) is 20.0. The summed E-state index contributed by atoms with van der Waals surface area (Å²) >= 11 is 0. The molecule has 3 rings (SSSR count). The highest BCUT2D eigenvalue weighted by atomic mass is 16.5. The summed E-state index contributed by atoms with van der Waals surface area (Å²) in [4.78, 5) is 28.2. The molecule has 0 atom stereocenters. The Labute approximate surface area is 157 Å². The quantitative estimate of drug-likeness (QED) is 0.654. The Kier molecular flexibility index (Phi) is 5.79. The molecule has 0 aliphatic rings. The monoisotopic (exact) mass is 361 g/mol. The molecule has 0 aliphatic heterocycles. The van der Waals surface area contributed by atoms with Gasteiger partial charge in [-0.1, -0.05) is 36.4 Å². The van der Waals surface area contributed by atoms with Gasteiger partial charge in [-0.05, 0) is 35.9 Å². The number of aromatic nitrogens is 1. The van der Waals surface area contributed by atoms with Gasteiger partial charge in [-0.2, -0.15) is 0 Å². The molecule has 0 radical (unpaired) electrons. The number of nitrogens with one attached hydrogen (secondary N) is 2. The number of pyridine rings is 1. The fourth-order valence-corrected chi connectivity index (χ4v) is 2.50. The lowest BCUT2D eigenvalue weighted by atomic mass is 10.2. The van der Waals surface area contributed by atoms with Crippen molar-refractivity contribution in [2.45, 2.75) is 6.54 Å². The molecule has 1 heterocycles. The van der Waals surface area contributed by atoms with Gasteiger partial charge in [0.05, 0.1) is 12.7 Å². The fraction of sp³-hybridized carbons (Fsp3) is 0.0952. The standard InChI is InChI=1S/C21H19N3O3/c1-27-21(26)16-8-5-9-18(12-16)24-20(25)19-13-17(10-11-22-19)23-14-15-6-3-2-4-7-15/h2-13H,14H2,1H3,(H,22,23)(H,24,25). The van der Waals surface area contributed by atoms with E-state index in [1.54, 1.807) is 42.6 Å². The van der Waals surface area contributed by atoms with Crippen LogP contribution in [-0.2, 0) is 11.3 Å². The van der Waals surface area contributed by atoms with Crippen LogP contribution in [0.1, 0.15) is 26.4 Å². The summed E-state index contributed by atoms with van der Waals surface area (Å²) in [6.07, 6.45) is 1.58. The molecule has 3 aromatic rings. The number of amides is 1. The molecule has 0 unspecified atom stereocenters. The molecular formula is C21H19N3O3.